The lowest BCUT2D eigenvalue weighted by molar-refractivity contribution is -0.384. The molecular formula is C23H27N5O4. The summed E-state index contributed by atoms with van der Waals surface area (Å²) in [4.78, 5) is 40.0. The molecule has 168 valence electrons. The van der Waals surface area contributed by atoms with E-state index in [2.05, 4.69) is 16.9 Å². The number of carbonyl (C=O) groups excluding carboxylic acids is 2. The molecule has 0 radical (unpaired) electrons. The maximum absolute atomic E-state index is 12.5. The monoisotopic (exact) mass is 437 g/mol. The van der Waals surface area contributed by atoms with Crippen LogP contribution in [0.15, 0.2) is 42.5 Å². The average Bonchev–Trinajstić information content (AvgIpc) is 2.83. The molecule has 9 heteroatoms. The standard InChI is InChI=1S/C23H27N5O4/c29-22(16-27-14-6-8-17-7-2-3-9-19(17)27)24-25-23(30)18-10-11-20(21(15-18)28(31)32)26-12-4-1-5-13-26/h2-3,7,9-11,15H,1,4-6,8,12-14,16H2,(H,24,29)(H,25,30). The van der Waals surface area contributed by atoms with Crippen molar-refractivity contribution in [2.45, 2.75) is 32.1 Å². The van der Waals surface area contributed by atoms with Crippen LogP contribution in [0.25, 0.3) is 0 Å². The van der Waals surface area contributed by atoms with E-state index in [1.165, 1.54) is 11.6 Å². The third-order valence-electron chi connectivity index (χ3n) is 5.99. The van der Waals surface area contributed by atoms with Gasteiger partial charge in [0.25, 0.3) is 17.5 Å². The summed E-state index contributed by atoms with van der Waals surface area (Å²) in [6, 6.07) is 12.4. The summed E-state index contributed by atoms with van der Waals surface area (Å²) in [6.45, 7) is 2.41. The van der Waals surface area contributed by atoms with Crippen molar-refractivity contribution < 1.29 is 14.5 Å². The molecule has 0 aliphatic carbocycles. The van der Waals surface area contributed by atoms with E-state index in [1.54, 1.807) is 12.1 Å². The highest BCUT2D eigenvalue weighted by Gasteiger charge is 2.24. The van der Waals surface area contributed by atoms with Gasteiger partial charge in [0, 0.05) is 37.0 Å². The Bertz CT molecular complexity index is 1020. The van der Waals surface area contributed by atoms with Crippen LogP contribution in [-0.4, -0.2) is 42.9 Å². The topological polar surface area (TPSA) is 108 Å². The first-order valence-electron chi connectivity index (χ1n) is 11.0. The molecule has 1 fully saturated rings. The smallest absolute Gasteiger partial charge is 0.293 e. The Labute approximate surface area is 186 Å². The first-order chi connectivity index (χ1) is 15.5. The van der Waals surface area contributed by atoms with Crippen molar-refractivity contribution in [2.75, 3.05) is 36.0 Å². The maximum Gasteiger partial charge on any atom is 0.293 e. The first-order valence-corrected chi connectivity index (χ1v) is 11.0. The Morgan fingerprint density at radius 3 is 2.50 bits per heavy atom. The lowest BCUT2D eigenvalue weighted by atomic mass is 10.0. The predicted molar refractivity (Wildman–Crippen MR) is 122 cm³/mol. The number of fused-ring (bicyclic) bond motifs is 1. The molecule has 0 saturated carbocycles. The van der Waals surface area contributed by atoms with E-state index in [0.29, 0.717) is 5.69 Å². The summed E-state index contributed by atoms with van der Waals surface area (Å²) in [5, 5.41) is 11.6. The molecule has 0 bridgehead atoms. The van der Waals surface area contributed by atoms with Gasteiger partial charge in [-0.2, -0.15) is 0 Å². The van der Waals surface area contributed by atoms with Crippen LogP contribution in [-0.2, 0) is 11.2 Å². The van der Waals surface area contributed by atoms with Crippen molar-refractivity contribution in [3.63, 3.8) is 0 Å². The van der Waals surface area contributed by atoms with Crippen LogP contribution in [0, 0.1) is 10.1 Å². The zero-order chi connectivity index (χ0) is 22.5. The van der Waals surface area contributed by atoms with E-state index in [9.17, 15) is 19.7 Å². The molecule has 0 unspecified atom stereocenters. The van der Waals surface area contributed by atoms with Crippen LogP contribution < -0.4 is 20.7 Å². The number of carbonyl (C=O) groups is 2. The number of rotatable bonds is 5. The zero-order valence-corrected chi connectivity index (χ0v) is 17.9. The van der Waals surface area contributed by atoms with Crippen molar-refractivity contribution >= 4 is 28.9 Å². The van der Waals surface area contributed by atoms with Crippen LogP contribution >= 0.6 is 0 Å². The number of nitrogens with zero attached hydrogens (tertiary/aromatic N) is 3. The van der Waals surface area contributed by atoms with E-state index >= 15 is 0 Å². The largest absolute Gasteiger partial charge is 0.366 e. The molecule has 2 N–H and O–H groups in total. The van der Waals surface area contributed by atoms with Crippen LogP contribution in [0.2, 0.25) is 0 Å². The summed E-state index contributed by atoms with van der Waals surface area (Å²) < 4.78 is 0. The van der Waals surface area contributed by atoms with Crippen molar-refractivity contribution in [3.05, 3.63) is 63.7 Å². The van der Waals surface area contributed by atoms with E-state index in [0.717, 1.165) is 57.4 Å². The van der Waals surface area contributed by atoms with Gasteiger partial charge in [-0.3, -0.25) is 30.6 Å². The minimum absolute atomic E-state index is 0.101. The highest BCUT2D eigenvalue weighted by atomic mass is 16.6. The second-order valence-electron chi connectivity index (χ2n) is 8.16. The van der Waals surface area contributed by atoms with Crippen LogP contribution in [0.3, 0.4) is 0 Å². The van der Waals surface area contributed by atoms with Gasteiger partial charge in [0.2, 0.25) is 0 Å². The van der Waals surface area contributed by atoms with Gasteiger partial charge in [0.05, 0.1) is 11.5 Å². The molecule has 4 rings (SSSR count). The molecule has 0 atom stereocenters. The molecule has 2 amide bonds. The lowest BCUT2D eigenvalue weighted by Crippen LogP contribution is -2.47. The SMILES string of the molecule is O=C(CN1CCCc2ccccc21)NNC(=O)c1ccc(N2CCCCC2)c([N+](=O)[O-])c1. The number of hydrogen-bond acceptors (Lipinski definition) is 6. The van der Waals surface area contributed by atoms with E-state index < -0.39 is 10.8 Å². The van der Waals surface area contributed by atoms with Gasteiger partial charge in [-0.15, -0.1) is 0 Å². The van der Waals surface area contributed by atoms with E-state index in [-0.39, 0.29) is 23.7 Å². The number of nitro benzene ring substituents is 1. The lowest BCUT2D eigenvalue weighted by Gasteiger charge is -2.30. The number of anilines is 2. The van der Waals surface area contributed by atoms with Gasteiger partial charge in [0.1, 0.15) is 5.69 Å². The molecule has 2 aliphatic rings. The summed E-state index contributed by atoms with van der Waals surface area (Å²) >= 11 is 0. The Morgan fingerprint density at radius 1 is 0.938 bits per heavy atom. The third-order valence-corrected chi connectivity index (χ3v) is 5.99. The minimum Gasteiger partial charge on any atom is -0.366 e. The molecule has 2 aromatic carbocycles. The normalized spacial score (nSPS) is 15.6. The Kier molecular flexibility index (Phi) is 6.53. The number of amides is 2. The predicted octanol–water partition coefficient (Wildman–Crippen LogP) is 2.80. The summed E-state index contributed by atoms with van der Waals surface area (Å²) in [5.41, 5.74) is 7.59. The second-order valence-corrected chi connectivity index (χ2v) is 8.16. The highest BCUT2D eigenvalue weighted by Crippen LogP contribution is 2.31. The second kappa shape index (κ2) is 9.67. The van der Waals surface area contributed by atoms with Crippen molar-refractivity contribution in [1.82, 2.24) is 10.9 Å². The summed E-state index contributed by atoms with van der Waals surface area (Å²) in [7, 11) is 0. The zero-order valence-electron chi connectivity index (χ0n) is 17.9. The van der Waals surface area contributed by atoms with Gasteiger partial charge in [0.15, 0.2) is 0 Å². The highest BCUT2D eigenvalue weighted by molar-refractivity contribution is 5.97. The van der Waals surface area contributed by atoms with Crippen molar-refractivity contribution in [3.8, 4) is 0 Å². The van der Waals surface area contributed by atoms with Gasteiger partial charge in [-0.1, -0.05) is 18.2 Å². The number of nitrogens with one attached hydrogen (secondary N) is 2. The number of para-hydroxylation sites is 1. The molecule has 9 nitrogen and oxygen atoms in total. The number of aryl methyl sites for hydroxylation is 1. The number of benzene rings is 2. The number of hydrazine groups is 1. The van der Waals surface area contributed by atoms with E-state index in [4.69, 9.17) is 0 Å². The molecule has 2 aromatic rings. The van der Waals surface area contributed by atoms with Gasteiger partial charge in [-0.05, 0) is 55.9 Å². The fraction of sp³-hybridized carbons (Fsp3) is 0.391. The molecule has 0 aromatic heterocycles. The Balaban J connectivity index is 1.38. The molecule has 0 spiro atoms. The molecular weight excluding hydrogens is 410 g/mol. The van der Waals surface area contributed by atoms with E-state index in [1.807, 2.05) is 28.0 Å². The molecule has 32 heavy (non-hydrogen) atoms. The summed E-state index contributed by atoms with van der Waals surface area (Å²) in [5.74, 6) is -0.944. The molecule has 2 heterocycles. The first kappa shape index (κ1) is 21.6. The Hall–Kier alpha value is -3.62. The maximum atomic E-state index is 12.5. The van der Waals surface area contributed by atoms with Crippen LogP contribution in [0.1, 0.15) is 41.6 Å². The minimum atomic E-state index is -0.592. The quantitative estimate of drug-likeness (QED) is 0.550. The fourth-order valence-corrected chi connectivity index (χ4v) is 4.40. The van der Waals surface area contributed by atoms with Crippen LogP contribution in [0.4, 0.5) is 17.1 Å². The number of piperidine rings is 1. The molecule has 1 saturated heterocycles. The van der Waals surface area contributed by atoms with Gasteiger partial charge in [-0.25, -0.2) is 0 Å². The summed E-state index contributed by atoms with van der Waals surface area (Å²) in [6.07, 6.45) is 5.05. The van der Waals surface area contributed by atoms with Crippen LogP contribution in [0.5, 0.6) is 0 Å². The fourth-order valence-electron chi connectivity index (χ4n) is 4.40. The van der Waals surface area contributed by atoms with Crippen molar-refractivity contribution in [2.24, 2.45) is 0 Å². The Morgan fingerprint density at radius 2 is 1.72 bits per heavy atom. The molecule has 2 aliphatic heterocycles. The third kappa shape index (κ3) is 4.82. The average molecular weight is 438 g/mol. The van der Waals surface area contributed by atoms with Gasteiger partial charge < -0.3 is 9.80 Å². The number of hydrogen-bond donors (Lipinski definition) is 2. The number of nitro groups is 1. The van der Waals surface area contributed by atoms with Crippen molar-refractivity contribution in [1.29, 1.82) is 0 Å². The van der Waals surface area contributed by atoms with Gasteiger partial charge >= 0.3 is 0 Å².